The quantitative estimate of drug-likeness (QED) is 0.677. The monoisotopic (exact) mass is 479 g/mol. The fourth-order valence-corrected chi connectivity index (χ4v) is 6.93. The Labute approximate surface area is 190 Å². The zero-order valence-corrected chi connectivity index (χ0v) is 19.7. The fourth-order valence-electron chi connectivity index (χ4n) is 4.48. The summed E-state index contributed by atoms with van der Waals surface area (Å²) < 4.78 is 60.9. The minimum atomic E-state index is -3.86. The third-order valence-electron chi connectivity index (χ3n) is 6.10. The van der Waals surface area contributed by atoms with E-state index >= 15 is 0 Å². The van der Waals surface area contributed by atoms with Crippen molar-refractivity contribution in [2.24, 2.45) is 0 Å². The van der Waals surface area contributed by atoms with Gasteiger partial charge in [-0.25, -0.2) is 21.6 Å². The predicted molar refractivity (Wildman–Crippen MR) is 121 cm³/mol. The van der Waals surface area contributed by atoms with Gasteiger partial charge in [0, 0.05) is 32.7 Å². The van der Waals surface area contributed by atoms with E-state index in [0.717, 1.165) is 19.5 Å². The van der Waals surface area contributed by atoms with Crippen molar-refractivity contribution in [3.05, 3.63) is 60.2 Å². The lowest BCUT2D eigenvalue weighted by Gasteiger charge is -2.47. The number of nitrogens with zero attached hydrogens (tertiary/aromatic N) is 2. The molecule has 2 aromatic carbocycles. The molecular weight excluding hydrogens is 450 g/mol. The first-order chi connectivity index (χ1) is 15.2. The Balaban J connectivity index is 1.54. The third-order valence-corrected chi connectivity index (χ3v) is 9.36. The molecule has 1 spiro atoms. The largest absolute Gasteiger partial charge is 0.371 e. The number of piperidine rings is 1. The zero-order valence-electron chi connectivity index (χ0n) is 18.1. The second-order valence-electron chi connectivity index (χ2n) is 8.35. The van der Waals surface area contributed by atoms with E-state index in [4.69, 9.17) is 4.74 Å². The molecule has 2 aromatic rings. The van der Waals surface area contributed by atoms with Gasteiger partial charge in [-0.05, 0) is 43.7 Å². The van der Waals surface area contributed by atoms with E-state index in [0.29, 0.717) is 26.1 Å². The highest BCUT2D eigenvalue weighted by atomic mass is 32.2. The molecule has 2 aliphatic rings. The van der Waals surface area contributed by atoms with E-state index in [1.165, 1.54) is 41.2 Å². The Hall–Kier alpha value is -1.82. The maximum atomic E-state index is 13.4. The summed E-state index contributed by atoms with van der Waals surface area (Å²) in [6, 6.07) is 15.7. The Bertz CT molecular complexity index is 1150. The highest BCUT2D eigenvalue weighted by molar-refractivity contribution is 7.90. The molecule has 0 amide bonds. The standard InChI is InChI=1S/C22H29N3O5S2/c1-23-31(26,27)20-9-5-10-21(15-20)32(28,29)25-12-6-11-22(18-25)17-24(13-14-30-22)16-19-7-3-2-4-8-19/h2-5,7-10,15,23H,6,11-14,16-18H2,1H3. The van der Waals surface area contributed by atoms with Crippen LogP contribution in [0.15, 0.2) is 64.4 Å². The molecule has 4 rings (SSSR count). The second-order valence-corrected chi connectivity index (χ2v) is 12.2. The normalized spacial score (nSPS) is 23.4. The zero-order chi connectivity index (χ0) is 22.8. The first-order valence-corrected chi connectivity index (χ1v) is 13.6. The van der Waals surface area contributed by atoms with Crippen LogP contribution in [-0.2, 0) is 31.3 Å². The van der Waals surface area contributed by atoms with Crippen molar-refractivity contribution in [1.82, 2.24) is 13.9 Å². The van der Waals surface area contributed by atoms with Crippen molar-refractivity contribution < 1.29 is 21.6 Å². The number of sulfonamides is 2. The van der Waals surface area contributed by atoms with Gasteiger partial charge in [0.2, 0.25) is 20.0 Å². The van der Waals surface area contributed by atoms with E-state index in [1.807, 2.05) is 18.2 Å². The summed E-state index contributed by atoms with van der Waals surface area (Å²) in [5, 5.41) is 0. The summed E-state index contributed by atoms with van der Waals surface area (Å²) in [5.41, 5.74) is 0.653. The smallest absolute Gasteiger partial charge is 0.243 e. The minimum Gasteiger partial charge on any atom is -0.371 e. The summed E-state index contributed by atoms with van der Waals surface area (Å²) >= 11 is 0. The van der Waals surface area contributed by atoms with E-state index in [9.17, 15) is 16.8 Å². The van der Waals surface area contributed by atoms with Gasteiger partial charge in [0.15, 0.2) is 0 Å². The molecule has 0 saturated carbocycles. The van der Waals surface area contributed by atoms with Crippen LogP contribution in [0.3, 0.4) is 0 Å². The molecule has 174 valence electrons. The van der Waals surface area contributed by atoms with Crippen LogP contribution in [0, 0.1) is 0 Å². The van der Waals surface area contributed by atoms with Gasteiger partial charge in [0.05, 0.1) is 22.0 Å². The molecule has 2 saturated heterocycles. The number of hydrogen-bond donors (Lipinski definition) is 1. The molecule has 2 fully saturated rings. The van der Waals surface area contributed by atoms with Crippen molar-refractivity contribution in [3.63, 3.8) is 0 Å². The molecule has 10 heteroatoms. The molecule has 0 aliphatic carbocycles. The van der Waals surface area contributed by atoms with Crippen molar-refractivity contribution in [2.45, 2.75) is 34.8 Å². The van der Waals surface area contributed by atoms with Crippen LogP contribution in [0.4, 0.5) is 0 Å². The number of hydrogen-bond acceptors (Lipinski definition) is 6. The van der Waals surface area contributed by atoms with Crippen molar-refractivity contribution in [2.75, 3.05) is 39.8 Å². The predicted octanol–water partition coefficient (Wildman–Crippen LogP) is 1.65. The molecular formula is C22H29N3O5S2. The third kappa shape index (κ3) is 4.90. The van der Waals surface area contributed by atoms with E-state index in [1.54, 1.807) is 0 Å². The highest BCUT2D eigenvalue weighted by Gasteiger charge is 2.44. The van der Waals surface area contributed by atoms with E-state index in [-0.39, 0.29) is 16.3 Å². The first kappa shape index (κ1) is 23.3. The van der Waals surface area contributed by atoms with Gasteiger partial charge in [-0.3, -0.25) is 4.90 Å². The summed E-state index contributed by atoms with van der Waals surface area (Å²) in [6.45, 7) is 3.44. The molecule has 1 N–H and O–H groups in total. The van der Waals surface area contributed by atoms with Crippen LogP contribution in [0.1, 0.15) is 18.4 Å². The molecule has 8 nitrogen and oxygen atoms in total. The van der Waals surface area contributed by atoms with Gasteiger partial charge in [-0.2, -0.15) is 4.31 Å². The molecule has 32 heavy (non-hydrogen) atoms. The molecule has 2 aliphatic heterocycles. The molecule has 2 heterocycles. The summed E-state index contributed by atoms with van der Waals surface area (Å²) in [7, 11) is -6.30. The van der Waals surface area contributed by atoms with Crippen LogP contribution in [-0.4, -0.2) is 71.5 Å². The van der Waals surface area contributed by atoms with Crippen molar-refractivity contribution >= 4 is 20.0 Å². The number of rotatable bonds is 6. The maximum Gasteiger partial charge on any atom is 0.243 e. The van der Waals surface area contributed by atoms with Gasteiger partial charge < -0.3 is 4.74 Å². The Morgan fingerprint density at radius 3 is 2.47 bits per heavy atom. The molecule has 0 aromatic heterocycles. The van der Waals surface area contributed by atoms with E-state index < -0.39 is 25.6 Å². The molecule has 0 bridgehead atoms. The minimum absolute atomic E-state index is 0.0252. The van der Waals surface area contributed by atoms with Gasteiger partial charge in [-0.15, -0.1) is 0 Å². The average molecular weight is 480 g/mol. The molecule has 1 atom stereocenters. The highest BCUT2D eigenvalue weighted by Crippen LogP contribution is 2.32. The second kappa shape index (κ2) is 9.20. The first-order valence-electron chi connectivity index (χ1n) is 10.7. The SMILES string of the molecule is CNS(=O)(=O)c1cccc(S(=O)(=O)N2CCCC3(CN(Cc4ccccc4)CCO3)C2)c1. The number of benzene rings is 2. The molecule has 1 unspecified atom stereocenters. The van der Waals surface area contributed by atoms with Crippen LogP contribution in [0.25, 0.3) is 0 Å². The summed E-state index contributed by atoms with van der Waals surface area (Å²) in [4.78, 5) is 2.22. The summed E-state index contributed by atoms with van der Waals surface area (Å²) in [5.74, 6) is 0. The van der Waals surface area contributed by atoms with Gasteiger partial charge in [0.25, 0.3) is 0 Å². The number of ether oxygens (including phenoxy) is 1. The number of morpholine rings is 1. The van der Waals surface area contributed by atoms with Crippen LogP contribution in [0.2, 0.25) is 0 Å². The lowest BCUT2D eigenvalue weighted by Crippen LogP contribution is -2.60. The molecule has 0 radical (unpaired) electrons. The topological polar surface area (TPSA) is 96.0 Å². The van der Waals surface area contributed by atoms with Crippen LogP contribution < -0.4 is 4.72 Å². The number of nitrogens with one attached hydrogen (secondary N) is 1. The van der Waals surface area contributed by atoms with Gasteiger partial charge in [0.1, 0.15) is 0 Å². The van der Waals surface area contributed by atoms with E-state index in [2.05, 4.69) is 21.8 Å². The van der Waals surface area contributed by atoms with Gasteiger partial charge in [-0.1, -0.05) is 36.4 Å². The van der Waals surface area contributed by atoms with Crippen molar-refractivity contribution in [3.8, 4) is 0 Å². The Kier molecular flexibility index (Phi) is 6.71. The summed E-state index contributed by atoms with van der Waals surface area (Å²) in [6.07, 6.45) is 1.48. The Morgan fingerprint density at radius 2 is 1.72 bits per heavy atom. The average Bonchev–Trinajstić information content (AvgIpc) is 2.80. The van der Waals surface area contributed by atoms with Crippen LogP contribution >= 0.6 is 0 Å². The lowest BCUT2D eigenvalue weighted by atomic mass is 9.92. The van der Waals surface area contributed by atoms with Gasteiger partial charge >= 0.3 is 0 Å². The van der Waals surface area contributed by atoms with Crippen LogP contribution in [0.5, 0.6) is 0 Å². The Morgan fingerprint density at radius 1 is 0.969 bits per heavy atom. The van der Waals surface area contributed by atoms with Crippen molar-refractivity contribution in [1.29, 1.82) is 0 Å². The lowest BCUT2D eigenvalue weighted by molar-refractivity contribution is -0.132. The fraction of sp³-hybridized carbons (Fsp3) is 0.455. The maximum absolute atomic E-state index is 13.4.